The molecular formula is C17H20O3. The fourth-order valence-corrected chi connectivity index (χ4v) is 1.82. The second kappa shape index (κ2) is 7.56. The van der Waals surface area contributed by atoms with Gasteiger partial charge in [0.2, 0.25) is 0 Å². The summed E-state index contributed by atoms with van der Waals surface area (Å²) in [6, 6.07) is 17.3. The van der Waals surface area contributed by atoms with E-state index < -0.39 is 6.10 Å². The Labute approximate surface area is 119 Å². The van der Waals surface area contributed by atoms with E-state index in [0.29, 0.717) is 13.2 Å². The molecule has 3 nitrogen and oxygen atoms in total. The molecule has 0 aliphatic heterocycles. The zero-order valence-corrected chi connectivity index (χ0v) is 11.7. The predicted molar refractivity (Wildman–Crippen MR) is 79.1 cm³/mol. The first-order valence-corrected chi connectivity index (χ1v) is 6.84. The second-order valence-corrected chi connectivity index (χ2v) is 4.61. The Morgan fingerprint density at radius 1 is 0.900 bits per heavy atom. The van der Waals surface area contributed by atoms with Gasteiger partial charge in [-0.05, 0) is 36.8 Å². The summed E-state index contributed by atoms with van der Waals surface area (Å²) in [7, 11) is 0. The van der Waals surface area contributed by atoms with Gasteiger partial charge < -0.3 is 14.6 Å². The number of hydrogen-bond donors (Lipinski definition) is 1. The van der Waals surface area contributed by atoms with Gasteiger partial charge in [-0.25, -0.2) is 0 Å². The number of ether oxygens (including phenoxy) is 2. The van der Waals surface area contributed by atoms with Gasteiger partial charge >= 0.3 is 0 Å². The average Bonchev–Trinajstić information content (AvgIpc) is 2.48. The molecule has 106 valence electrons. The molecule has 0 aromatic heterocycles. The van der Waals surface area contributed by atoms with Crippen LogP contribution in [-0.4, -0.2) is 18.3 Å². The number of para-hydroxylation sites is 1. The molecule has 0 spiro atoms. The first kappa shape index (κ1) is 14.4. The van der Waals surface area contributed by atoms with Crippen molar-refractivity contribution in [2.45, 2.75) is 19.4 Å². The zero-order valence-electron chi connectivity index (χ0n) is 11.7. The van der Waals surface area contributed by atoms with Crippen LogP contribution in [0, 0.1) is 0 Å². The van der Waals surface area contributed by atoms with Crippen LogP contribution in [0.1, 0.15) is 25.0 Å². The van der Waals surface area contributed by atoms with Crippen LogP contribution >= 0.6 is 0 Å². The SMILES string of the molecule is C[C@@H](O)c1cccc(OCCCOc2ccccc2)c1. The minimum atomic E-state index is -0.472. The molecule has 2 rings (SSSR count). The number of benzene rings is 2. The van der Waals surface area contributed by atoms with Crippen LogP contribution in [0.15, 0.2) is 54.6 Å². The van der Waals surface area contributed by atoms with E-state index in [2.05, 4.69) is 0 Å². The lowest BCUT2D eigenvalue weighted by Crippen LogP contribution is -2.05. The summed E-state index contributed by atoms with van der Waals surface area (Å²) in [4.78, 5) is 0. The van der Waals surface area contributed by atoms with E-state index in [1.54, 1.807) is 6.92 Å². The summed E-state index contributed by atoms with van der Waals surface area (Å²) >= 11 is 0. The van der Waals surface area contributed by atoms with E-state index in [1.165, 1.54) is 0 Å². The first-order chi connectivity index (χ1) is 9.75. The summed E-state index contributed by atoms with van der Waals surface area (Å²) in [5, 5.41) is 9.51. The number of aliphatic hydroxyl groups is 1. The molecule has 0 aliphatic rings. The Bertz CT molecular complexity index is 509. The fourth-order valence-electron chi connectivity index (χ4n) is 1.82. The smallest absolute Gasteiger partial charge is 0.119 e. The highest BCUT2D eigenvalue weighted by molar-refractivity contribution is 5.29. The van der Waals surface area contributed by atoms with E-state index in [9.17, 15) is 5.11 Å². The Morgan fingerprint density at radius 3 is 2.25 bits per heavy atom. The molecule has 0 radical (unpaired) electrons. The van der Waals surface area contributed by atoms with E-state index in [0.717, 1.165) is 23.5 Å². The van der Waals surface area contributed by atoms with Crippen LogP contribution in [0.25, 0.3) is 0 Å². The van der Waals surface area contributed by atoms with Gasteiger partial charge in [0.15, 0.2) is 0 Å². The third kappa shape index (κ3) is 4.59. The van der Waals surface area contributed by atoms with Crippen molar-refractivity contribution in [3.05, 3.63) is 60.2 Å². The van der Waals surface area contributed by atoms with Crippen molar-refractivity contribution < 1.29 is 14.6 Å². The summed E-state index contributed by atoms with van der Waals surface area (Å²) in [6.45, 7) is 2.96. The lowest BCUT2D eigenvalue weighted by molar-refractivity contribution is 0.198. The first-order valence-electron chi connectivity index (χ1n) is 6.84. The van der Waals surface area contributed by atoms with Crippen LogP contribution in [0.4, 0.5) is 0 Å². The van der Waals surface area contributed by atoms with Crippen molar-refractivity contribution in [1.82, 2.24) is 0 Å². The Hall–Kier alpha value is -2.00. The normalized spacial score (nSPS) is 11.9. The largest absolute Gasteiger partial charge is 0.493 e. The molecule has 1 N–H and O–H groups in total. The van der Waals surface area contributed by atoms with E-state index in [1.807, 2.05) is 54.6 Å². The van der Waals surface area contributed by atoms with Crippen LogP contribution < -0.4 is 9.47 Å². The van der Waals surface area contributed by atoms with E-state index in [4.69, 9.17) is 9.47 Å². The molecule has 0 bridgehead atoms. The predicted octanol–water partition coefficient (Wildman–Crippen LogP) is 3.59. The molecule has 20 heavy (non-hydrogen) atoms. The molecule has 0 unspecified atom stereocenters. The van der Waals surface area contributed by atoms with E-state index in [-0.39, 0.29) is 0 Å². The van der Waals surface area contributed by atoms with Gasteiger partial charge in [0.25, 0.3) is 0 Å². The molecule has 2 aromatic rings. The highest BCUT2D eigenvalue weighted by Crippen LogP contribution is 2.18. The Morgan fingerprint density at radius 2 is 1.55 bits per heavy atom. The van der Waals surface area contributed by atoms with Gasteiger partial charge in [-0.2, -0.15) is 0 Å². The molecule has 0 amide bonds. The van der Waals surface area contributed by atoms with Crippen molar-refractivity contribution >= 4 is 0 Å². The van der Waals surface area contributed by atoms with Crippen molar-refractivity contribution in [3.8, 4) is 11.5 Å². The van der Waals surface area contributed by atoms with Crippen molar-refractivity contribution in [1.29, 1.82) is 0 Å². The number of hydrogen-bond acceptors (Lipinski definition) is 3. The third-order valence-corrected chi connectivity index (χ3v) is 2.91. The second-order valence-electron chi connectivity index (χ2n) is 4.61. The average molecular weight is 272 g/mol. The number of rotatable bonds is 7. The summed E-state index contributed by atoms with van der Waals surface area (Å²) in [5.74, 6) is 1.66. The molecule has 2 aromatic carbocycles. The Kier molecular flexibility index (Phi) is 5.44. The molecular weight excluding hydrogens is 252 g/mol. The summed E-state index contributed by atoms with van der Waals surface area (Å²) in [5.41, 5.74) is 0.864. The highest BCUT2D eigenvalue weighted by Gasteiger charge is 2.02. The minimum absolute atomic E-state index is 0.472. The van der Waals surface area contributed by atoms with Crippen molar-refractivity contribution in [2.24, 2.45) is 0 Å². The van der Waals surface area contributed by atoms with Crippen molar-refractivity contribution in [2.75, 3.05) is 13.2 Å². The maximum absolute atomic E-state index is 9.51. The van der Waals surface area contributed by atoms with Crippen LogP contribution in [0.3, 0.4) is 0 Å². The molecule has 0 saturated heterocycles. The number of aliphatic hydroxyl groups excluding tert-OH is 1. The fraction of sp³-hybridized carbons (Fsp3) is 0.294. The molecule has 1 atom stereocenters. The standard InChI is InChI=1S/C17H20O3/c1-14(18)15-7-5-10-17(13-15)20-12-6-11-19-16-8-3-2-4-9-16/h2-5,7-10,13-14,18H,6,11-12H2,1H3/t14-/m1/s1. The Balaban J connectivity index is 1.69. The van der Waals surface area contributed by atoms with Gasteiger partial charge in [0.05, 0.1) is 19.3 Å². The lowest BCUT2D eigenvalue weighted by atomic mass is 10.1. The summed E-state index contributed by atoms with van der Waals surface area (Å²) in [6.07, 6.45) is 0.341. The van der Waals surface area contributed by atoms with Gasteiger partial charge in [0, 0.05) is 6.42 Å². The highest BCUT2D eigenvalue weighted by atomic mass is 16.5. The van der Waals surface area contributed by atoms with Crippen LogP contribution in [-0.2, 0) is 0 Å². The summed E-state index contributed by atoms with van der Waals surface area (Å²) < 4.78 is 11.2. The minimum Gasteiger partial charge on any atom is -0.493 e. The quantitative estimate of drug-likeness (QED) is 0.783. The van der Waals surface area contributed by atoms with Crippen LogP contribution in [0.5, 0.6) is 11.5 Å². The molecule has 0 aliphatic carbocycles. The van der Waals surface area contributed by atoms with Crippen LogP contribution in [0.2, 0.25) is 0 Å². The monoisotopic (exact) mass is 272 g/mol. The van der Waals surface area contributed by atoms with Gasteiger partial charge in [-0.1, -0.05) is 30.3 Å². The maximum Gasteiger partial charge on any atom is 0.119 e. The van der Waals surface area contributed by atoms with Crippen molar-refractivity contribution in [3.63, 3.8) is 0 Å². The molecule has 3 heteroatoms. The maximum atomic E-state index is 9.51. The molecule has 0 saturated carbocycles. The van der Waals surface area contributed by atoms with Gasteiger partial charge in [-0.15, -0.1) is 0 Å². The van der Waals surface area contributed by atoms with E-state index >= 15 is 0 Å². The van der Waals surface area contributed by atoms with Gasteiger partial charge in [-0.3, -0.25) is 0 Å². The van der Waals surface area contributed by atoms with Gasteiger partial charge in [0.1, 0.15) is 11.5 Å². The third-order valence-electron chi connectivity index (χ3n) is 2.91. The topological polar surface area (TPSA) is 38.7 Å². The molecule has 0 fully saturated rings. The molecule has 0 heterocycles. The lowest BCUT2D eigenvalue weighted by Gasteiger charge is -2.10. The zero-order chi connectivity index (χ0) is 14.2.